The van der Waals surface area contributed by atoms with Crippen molar-refractivity contribution in [2.24, 2.45) is 0 Å². The van der Waals surface area contributed by atoms with E-state index in [9.17, 15) is 9.59 Å². The van der Waals surface area contributed by atoms with Crippen LogP contribution < -0.4 is 5.32 Å². The fourth-order valence-electron chi connectivity index (χ4n) is 3.34. The number of hydrogen-bond donors (Lipinski definition) is 1. The van der Waals surface area contributed by atoms with Gasteiger partial charge in [-0.15, -0.1) is 11.3 Å². The second-order valence-corrected chi connectivity index (χ2v) is 7.75. The van der Waals surface area contributed by atoms with E-state index in [4.69, 9.17) is 0 Å². The highest BCUT2D eigenvalue weighted by atomic mass is 32.1. The molecule has 1 aliphatic rings. The average molecular weight is 395 g/mol. The van der Waals surface area contributed by atoms with Gasteiger partial charge in [0.05, 0.1) is 22.3 Å². The van der Waals surface area contributed by atoms with Gasteiger partial charge in [0, 0.05) is 38.3 Å². The van der Waals surface area contributed by atoms with E-state index in [1.807, 2.05) is 53.4 Å². The number of hydrogen-bond acceptors (Lipinski definition) is 5. The number of piperazine rings is 1. The number of fused-ring (bicyclic) bond motifs is 1. The summed E-state index contributed by atoms with van der Waals surface area (Å²) in [4.78, 5) is 33.2. The van der Waals surface area contributed by atoms with Crippen molar-refractivity contribution in [1.29, 1.82) is 0 Å². The lowest BCUT2D eigenvalue weighted by Gasteiger charge is -2.34. The van der Waals surface area contributed by atoms with Crippen LogP contribution in [0.2, 0.25) is 0 Å². The molecule has 4 rings (SSSR count). The molecule has 0 radical (unpaired) electrons. The largest absolute Gasteiger partial charge is 0.351 e. The molecule has 0 atom stereocenters. The molecule has 1 aliphatic heterocycles. The van der Waals surface area contributed by atoms with Gasteiger partial charge in [-0.3, -0.25) is 14.5 Å². The molecule has 144 valence electrons. The smallest absolute Gasteiger partial charge is 0.253 e. The summed E-state index contributed by atoms with van der Waals surface area (Å²) in [5, 5.41) is 2.95. The summed E-state index contributed by atoms with van der Waals surface area (Å²) in [5.74, 6) is 0.0581. The molecule has 0 unspecified atom stereocenters. The number of amides is 2. The Kier molecular flexibility index (Phi) is 5.64. The third-order valence-corrected chi connectivity index (χ3v) is 5.73. The van der Waals surface area contributed by atoms with Crippen molar-refractivity contribution in [2.75, 3.05) is 32.7 Å². The van der Waals surface area contributed by atoms with Crippen molar-refractivity contribution in [1.82, 2.24) is 20.1 Å². The van der Waals surface area contributed by atoms with Gasteiger partial charge in [-0.1, -0.05) is 30.3 Å². The van der Waals surface area contributed by atoms with Crippen LogP contribution >= 0.6 is 11.3 Å². The van der Waals surface area contributed by atoms with E-state index >= 15 is 0 Å². The quantitative estimate of drug-likeness (QED) is 0.722. The van der Waals surface area contributed by atoms with Crippen molar-refractivity contribution in [3.63, 3.8) is 0 Å². The van der Waals surface area contributed by atoms with Crippen LogP contribution in [0.1, 0.15) is 15.9 Å². The Balaban J connectivity index is 1.25. The number of carbonyl (C=O) groups is 2. The lowest BCUT2D eigenvalue weighted by Crippen LogP contribution is -2.51. The number of nitrogens with zero attached hydrogens (tertiary/aromatic N) is 3. The normalized spacial score (nSPS) is 14.9. The van der Waals surface area contributed by atoms with Crippen LogP contribution in [0.4, 0.5) is 0 Å². The van der Waals surface area contributed by atoms with Crippen molar-refractivity contribution in [3.05, 3.63) is 65.2 Å². The van der Waals surface area contributed by atoms with Gasteiger partial charge in [0.1, 0.15) is 0 Å². The Morgan fingerprint density at radius 3 is 2.61 bits per heavy atom. The number of nitrogens with one attached hydrogen (secondary N) is 1. The van der Waals surface area contributed by atoms with Gasteiger partial charge in [-0.05, 0) is 23.8 Å². The summed E-state index contributed by atoms with van der Waals surface area (Å²) in [5.41, 5.74) is 4.50. The molecular formula is C21H22N4O2S. The molecule has 2 amide bonds. The SMILES string of the molecule is O=C(CN1CCN(C(=O)c2ccc3ncsc3c2)CC1)NCc1ccccc1. The van der Waals surface area contributed by atoms with Crippen molar-refractivity contribution >= 4 is 33.4 Å². The molecule has 1 fully saturated rings. The molecule has 0 saturated carbocycles. The second kappa shape index (κ2) is 8.50. The van der Waals surface area contributed by atoms with Gasteiger partial charge in [0.25, 0.3) is 5.91 Å². The fraction of sp³-hybridized carbons (Fsp3) is 0.286. The van der Waals surface area contributed by atoms with Gasteiger partial charge in [0.2, 0.25) is 5.91 Å². The van der Waals surface area contributed by atoms with Crippen LogP contribution in [0, 0.1) is 0 Å². The molecule has 2 heterocycles. The molecule has 0 bridgehead atoms. The summed E-state index contributed by atoms with van der Waals surface area (Å²) in [6, 6.07) is 15.5. The predicted octanol–water partition coefficient (Wildman–Crippen LogP) is 2.37. The Bertz CT molecular complexity index is 965. The van der Waals surface area contributed by atoms with Gasteiger partial charge in [0.15, 0.2) is 0 Å². The topological polar surface area (TPSA) is 65.5 Å². The fourth-order valence-corrected chi connectivity index (χ4v) is 4.05. The van der Waals surface area contributed by atoms with Gasteiger partial charge < -0.3 is 10.2 Å². The summed E-state index contributed by atoms with van der Waals surface area (Å²) in [7, 11) is 0. The highest BCUT2D eigenvalue weighted by Crippen LogP contribution is 2.20. The maximum atomic E-state index is 12.8. The molecule has 1 saturated heterocycles. The van der Waals surface area contributed by atoms with E-state index < -0.39 is 0 Å². The van der Waals surface area contributed by atoms with Crippen molar-refractivity contribution in [2.45, 2.75) is 6.54 Å². The van der Waals surface area contributed by atoms with E-state index in [-0.39, 0.29) is 11.8 Å². The molecule has 0 spiro atoms. The number of rotatable bonds is 5. The van der Waals surface area contributed by atoms with Crippen LogP contribution in [0.5, 0.6) is 0 Å². The minimum absolute atomic E-state index is 0.0132. The first-order valence-electron chi connectivity index (χ1n) is 9.34. The molecule has 0 aliphatic carbocycles. The maximum Gasteiger partial charge on any atom is 0.253 e. The van der Waals surface area contributed by atoms with Crippen LogP contribution in [-0.4, -0.2) is 59.3 Å². The highest BCUT2D eigenvalue weighted by molar-refractivity contribution is 7.16. The molecular weight excluding hydrogens is 372 g/mol. The van der Waals surface area contributed by atoms with Crippen molar-refractivity contribution < 1.29 is 9.59 Å². The zero-order valence-corrected chi connectivity index (χ0v) is 16.3. The number of benzene rings is 2. The molecule has 1 N–H and O–H groups in total. The summed E-state index contributed by atoms with van der Waals surface area (Å²) < 4.78 is 1.03. The number of aromatic nitrogens is 1. The molecule has 3 aromatic rings. The summed E-state index contributed by atoms with van der Waals surface area (Å²) in [6.45, 7) is 3.57. The Morgan fingerprint density at radius 1 is 1.04 bits per heavy atom. The zero-order valence-electron chi connectivity index (χ0n) is 15.5. The van der Waals surface area contributed by atoms with E-state index in [1.165, 1.54) is 0 Å². The minimum atomic E-state index is 0.0132. The van der Waals surface area contributed by atoms with Gasteiger partial charge >= 0.3 is 0 Å². The van der Waals surface area contributed by atoms with E-state index in [0.29, 0.717) is 44.8 Å². The molecule has 28 heavy (non-hydrogen) atoms. The summed E-state index contributed by atoms with van der Waals surface area (Å²) in [6.07, 6.45) is 0. The first-order chi connectivity index (χ1) is 13.7. The van der Waals surface area contributed by atoms with Gasteiger partial charge in [-0.25, -0.2) is 4.98 Å². The average Bonchev–Trinajstić information content (AvgIpc) is 3.21. The molecule has 2 aromatic carbocycles. The Morgan fingerprint density at radius 2 is 1.82 bits per heavy atom. The molecule has 1 aromatic heterocycles. The highest BCUT2D eigenvalue weighted by Gasteiger charge is 2.23. The van der Waals surface area contributed by atoms with Crippen molar-refractivity contribution in [3.8, 4) is 0 Å². The van der Waals surface area contributed by atoms with E-state index in [2.05, 4.69) is 15.2 Å². The van der Waals surface area contributed by atoms with Crippen LogP contribution in [0.15, 0.2) is 54.0 Å². The Hall–Kier alpha value is -2.77. The first kappa shape index (κ1) is 18.6. The third-order valence-electron chi connectivity index (χ3n) is 4.94. The molecule has 6 nitrogen and oxygen atoms in total. The summed E-state index contributed by atoms with van der Waals surface area (Å²) >= 11 is 1.54. The maximum absolute atomic E-state index is 12.8. The van der Waals surface area contributed by atoms with Crippen LogP contribution in [-0.2, 0) is 11.3 Å². The first-order valence-corrected chi connectivity index (χ1v) is 10.2. The third kappa shape index (κ3) is 4.37. The van der Waals surface area contributed by atoms with Crippen LogP contribution in [0.25, 0.3) is 10.2 Å². The Labute approximate surface area is 167 Å². The number of thiazole rings is 1. The number of carbonyl (C=O) groups excluding carboxylic acids is 2. The monoisotopic (exact) mass is 394 g/mol. The predicted molar refractivity (Wildman–Crippen MR) is 110 cm³/mol. The molecule has 7 heteroatoms. The standard InChI is InChI=1S/C21H22N4O2S/c26-20(22-13-16-4-2-1-3-5-16)14-24-8-10-25(11-9-24)21(27)17-6-7-18-19(12-17)28-15-23-18/h1-7,12,15H,8-11,13-14H2,(H,22,26). The van der Waals surface area contributed by atoms with Gasteiger partial charge in [-0.2, -0.15) is 0 Å². The lowest BCUT2D eigenvalue weighted by atomic mass is 10.1. The van der Waals surface area contributed by atoms with E-state index in [0.717, 1.165) is 15.8 Å². The van der Waals surface area contributed by atoms with E-state index in [1.54, 1.807) is 16.8 Å². The van der Waals surface area contributed by atoms with Crippen LogP contribution in [0.3, 0.4) is 0 Å². The second-order valence-electron chi connectivity index (χ2n) is 6.87. The zero-order chi connectivity index (χ0) is 19.3. The minimum Gasteiger partial charge on any atom is -0.351 e. The lowest BCUT2D eigenvalue weighted by molar-refractivity contribution is -0.122.